The van der Waals surface area contributed by atoms with Crippen molar-refractivity contribution in [1.82, 2.24) is 0 Å². The molecule has 0 aliphatic carbocycles. The molecule has 0 aromatic heterocycles. The lowest BCUT2D eigenvalue weighted by Crippen LogP contribution is -2.11. The zero-order valence-corrected chi connectivity index (χ0v) is 10.3. The maximum absolute atomic E-state index is 5.54. The Balaban J connectivity index is 0.000000262. The van der Waals surface area contributed by atoms with Crippen LogP contribution in [0.5, 0.6) is 0 Å². The van der Waals surface area contributed by atoms with Crippen LogP contribution in [0.2, 0.25) is 5.02 Å². The van der Waals surface area contributed by atoms with E-state index in [1.54, 1.807) is 0 Å². The number of benzene rings is 1. The summed E-state index contributed by atoms with van der Waals surface area (Å²) in [5, 5.41) is 0.794. The standard InChI is InChI=1S/C6H5Cl.C6H14O2/c7-6-4-2-1-3-5-6;1-4-7-6(3)8-5-2/h1-5H;6H,4-5H2,1-3H3. The van der Waals surface area contributed by atoms with Gasteiger partial charge in [-0.1, -0.05) is 29.8 Å². The second-order valence-electron chi connectivity index (χ2n) is 2.77. The van der Waals surface area contributed by atoms with Gasteiger partial charge in [-0.15, -0.1) is 0 Å². The zero-order chi connectivity index (χ0) is 11.5. The van der Waals surface area contributed by atoms with Crippen molar-refractivity contribution in [3.05, 3.63) is 35.4 Å². The van der Waals surface area contributed by atoms with Gasteiger partial charge in [-0.2, -0.15) is 0 Å². The van der Waals surface area contributed by atoms with Crippen LogP contribution in [-0.4, -0.2) is 19.5 Å². The summed E-state index contributed by atoms with van der Waals surface area (Å²) in [6, 6.07) is 9.44. The zero-order valence-electron chi connectivity index (χ0n) is 9.57. The molecule has 0 aliphatic heterocycles. The minimum atomic E-state index is -0.0370. The van der Waals surface area contributed by atoms with Gasteiger partial charge in [0, 0.05) is 18.2 Å². The van der Waals surface area contributed by atoms with Gasteiger partial charge in [-0.05, 0) is 32.9 Å². The first-order valence-corrected chi connectivity index (χ1v) is 5.52. The quantitative estimate of drug-likeness (QED) is 0.734. The molecule has 0 atom stereocenters. The van der Waals surface area contributed by atoms with Gasteiger partial charge < -0.3 is 9.47 Å². The van der Waals surface area contributed by atoms with Crippen molar-refractivity contribution in [2.45, 2.75) is 27.1 Å². The molecule has 0 unspecified atom stereocenters. The van der Waals surface area contributed by atoms with Crippen LogP contribution in [0.25, 0.3) is 0 Å². The van der Waals surface area contributed by atoms with Crippen LogP contribution in [0, 0.1) is 0 Å². The number of halogens is 1. The van der Waals surface area contributed by atoms with E-state index in [4.69, 9.17) is 21.1 Å². The Kier molecular flexibility index (Phi) is 9.59. The molecule has 2 nitrogen and oxygen atoms in total. The topological polar surface area (TPSA) is 18.5 Å². The molecule has 0 bridgehead atoms. The number of rotatable bonds is 4. The first-order valence-electron chi connectivity index (χ1n) is 5.14. The molecule has 0 amide bonds. The highest BCUT2D eigenvalue weighted by atomic mass is 35.5. The largest absolute Gasteiger partial charge is 0.353 e. The highest BCUT2D eigenvalue weighted by Crippen LogP contribution is 2.03. The molecule has 0 spiro atoms. The number of ether oxygens (including phenoxy) is 2. The van der Waals surface area contributed by atoms with Crippen molar-refractivity contribution in [3.63, 3.8) is 0 Å². The lowest BCUT2D eigenvalue weighted by Gasteiger charge is -2.09. The number of hydrogen-bond donors (Lipinski definition) is 0. The molecule has 0 radical (unpaired) electrons. The van der Waals surface area contributed by atoms with Gasteiger partial charge in [0.05, 0.1) is 0 Å². The van der Waals surface area contributed by atoms with Crippen LogP contribution in [-0.2, 0) is 9.47 Å². The summed E-state index contributed by atoms with van der Waals surface area (Å²) < 4.78 is 10.1. The van der Waals surface area contributed by atoms with Gasteiger partial charge in [0.15, 0.2) is 6.29 Å². The van der Waals surface area contributed by atoms with Crippen molar-refractivity contribution in [2.24, 2.45) is 0 Å². The van der Waals surface area contributed by atoms with Crippen molar-refractivity contribution < 1.29 is 9.47 Å². The van der Waals surface area contributed by atoms with Crippen molar-refractivity contribution in [1.29, 1.82) is 0 Å². The molecule has 86 valence electrons. The lowest BCUT2D eigenvalue weighted by molar-refractivity contribution is -0.123. The van der Waals surface area contributed by atoms with Gasteiger partial charge >= 0.3 is 0 Å². The van der Waals surface area contributed by atoms with E-state index in [0.717, 1.165) is 18.2 Å². The molecule has 0 saturated carbocycles. The Bertz CT molecular complexity index is 220. The molecule has 1 aromatic carbocycles. The highest BCUT2D eigenvalue weighted by Gasteiger charge is 1.94. The van der Waals surface area contributed by atoms with Crippen LogP contribution >= 0.6 is 11.6 Å². The molecular formula is C12H19ClO2. The maximum Gasteiger partial charge on any atom is 0.154 e. The van der Waals surface area contributed by atoms with E-state index in [2.05, 4.69) is 0 Å². The van der Waals surface area contributed by atoms with Crippen molar-refractivity contribution in [2.75, 3.05) is 13.2 Å². The summed E-state index contributed by atoms with van der Waals surface area (Å²) >= 11 is 5.54. The lowest BCUT2D eigenvalue weighted by atomic mass is 10.4. The van der Waals surface area contributed by atoms with E-state index in [-0.39, 0.29) is 6.29 Å². The minimum Gasteiger partial charge on any atom is -0.353 e. The third-order valence-corrected chi connectivity index (χ3v) is 1.79. The van der Waals surface area contributed by atoms with Crippen LogP contribution in [0.3, 0.4) is 0 Å². The first kappa shape index (κ1) is 14.4. The smallest absolute Gasteiger partial charge is 0.154 e. The van der Waals surface area contributed by atoms with E-state index in [9.17, 15) is 0 Å². The van der Waals surface area contributed by atoms with Gasteiger partial charge in [0.25, 0.3) is 0 Å². The summed E-state index contributed by atoms with van der Waals surface area (Å²) in [4.78, 5) is 0. The van der Waals surface area contributed by atoms with Crippen molar-refractivity contribution in [3.8, 4) is 0 Å². The molecule has 0 saturated heterocycles. The summed E-state index contributed by atoms with van der Waals surface area (Å²) in [6.45, 7) is 7.25. The first-order chi connectivity index (χ1) is 7.20. The summed E-state index contributed by atoms with van der Waals surface area (Å²) in [7, 11) is 0. The predicted octanol–water partition coefficient (Wildman–Crippen LogP) is 3.75. The van der Waals surface area contributed by atoms with E-state index in [1.807, 2.05) is 51.1 Å². The molecule has 0 heterocycles. The third kappa shape index (κ3) is 9.73. The SMILES string of the molecule is CCOC(C)OCC.Clc1ccccc1. The van der Waals surface area contributed by atoms with Crippen LogP contribution in [0.1, 0.15) is 20.8 Å². The molecule has 1 rings (SSSR count). The Morgan fingerprint density at radius 2 is 1.53 bits per heavy atom. The fourth-order valence-corrected chi connectivity index (χ4v) is 1.08. The fourth-order valence-electron chi connectivity index (χ4n) is 0.932. The molecule has 0 N–H and O–H groups in total. The fraction of sp³-hybridized carbons (Fsp3) is 0.500. The molecule has 15 heavy (non-hydrogen) atoms. The Morgan fingerprint density at radius 3 is 1.80 bits per heavy atom. The van der Waals surface area contributed by atoms with Gasteiger partial charge in [0.2, 0.25) is 0 Å². The molecule has 0 aliphatic rings. The van der Waals surface area contributed by atoms with E-state index in [0.29, 0.717) is 0 Å². The van der Waals surface area contributed by atoms with Gasteiger partial charge in [-0.25, -0.2) is 0 Å². The predicted molar refractivity (Wildman–Crippen MR) is 64.2 cm³/mol. The minimum absolute atomic E-state index is 0.0370. The Morgan fingerprint density at radius 1 is 1.07 bits per heavy atom. The monoisotopic (exact) mass is 230 g/mol. The summed E-state index contributed by atoms with van der Waals surface area (Å²) in [5.74, 6) is 0. The van der Waals surface area contributed by atoms with E-state index >= 15 is 0 Å². The molecule has 0 fully saturated rings. The Hall–Kier alpha value is -0.570. The third-order valence-electron chi connectivity index (χ3n) is 1.54. The molecule has 1 aromatic rings. The summed E-state index contributed by atoms with van der Waals surface area (Å²) in [6.07, 6.45) is -0.0370. The Labute approximate surface area is 97.2 Å². The maximum atomic E-state index is 5.54. The normalized spacial score (nSPS) is 9.67. The molecular weight excluding hydrogens is 212 g/mol. The average molecular weight is 231 g/mol. The van der Waals surface area contributed by atoms with E-state index in [1.165, 1.54) is 0 Å². The second kappa shape index (κ2) is 9.97. The summed E-state index contributed by atoms with van der Waals surface area (Å²) in [5.41, 5.74) is 0. The number of hydrogen-bond acceptors (Lipinski definition) is 2. The van der Waals surface area contributed by atoms with Crippen LogP contribution in [0.4, 0.5) is 0 Å². The highest BCUT2D eigenvalue weighted by molar-refractivity contribution is 6.30. The second-order valence-corrected chi connectivity index (χ2v) is 3.21. The van der Waals surface area contributed by atoms with Crippen LogP contribution in [0.15, 0.2) is 30.3 Å². The van der Waals surface area contributed by atoms with E-state index < -0.39 is 0 Å². The van der Waals surface area contributed by atoms with Gasteiger partial charge in [0.1, 0.15) is 0 Å². The molecule has 3 heteroatoms. The van der Waals surface area contributed by atoms with Crippen molar-refractivity contribution >= 4 is 11.6 Å². The van der Waals surface area contributed by atoms with Crippen LogP contribution < -0.4 is 0 Å². The van der Waals surface area contributed by atoms with Gasteiger partial charge in [-0.3, -0.25) is 0 Å². The average Bonchev–Trinajstić information content (AvgIpc) is 2.20.